The normalized spacial score (nSPS) is 26.2. The minimum Gasteiger partial charge on any atom is -0.379 e. The van der Waals surface area contributed by atoms with Crippen molar-refractivity contribution in [3.63, 3.8) is 0 Å². The fourth-order valence-corrected chi connectivity index (χ4v) is 2.39. The summed E-state index contributed by atoms with van der Waals surface area (Å²) in [6, 6.07) is 0.238. The van der Waals surface area contributed by atoms with Gasteiger partial charge in [0.2, 0.25) is 0 Å². The van der Waals surface area contributed by atoms with Gasteiger partial charge < -0.3 is 15.4 Å². The lowest BCUT2D eigenvalue weighted by molar-refractivity contribution is 0.154. The average molecular weight is 228 g/mol. The van der Waals surface area contributed by atoms with Crippen LogP contribution in [-0.2, 0) is 4.74 Å². The molecule has 3 heteroatoms. The third kappa shape index (κ3) is 4.81. The molecule has 96 valence electrons. The molecule has 0 spiro atoms. The van der Waals surface area contributed by atoms with Gasteiger partial charge in [-0.2, -0.15) is 0 Å². The van der Waals surface area contributed by atoms with E-state index in [2.05, 4.69) is 32.6 Å². The van der Waals surface area contributed by atoms with Gasteiger partial charge in [-0.05, 0) is 11.8 Å². The standard InChI is InChI=1S/C13H28N2O/c1-10(2)5-15(6-11(3)4)7-12-8-16-9-13(12)14/h10-13H,5-9,14H2,1-4H3. The quantitative estimate of drug-likeness (QED) is 0.750. The molecular formula is C13H28N2O. The molecule has 1 aliphatic heterocycles. The van der Waals surface area contributed by atoms with Crippen molar-refractivity contribution in [1.29, 1.82) is 0 Å². The van der Waals surface area contributed by atoms with Crippen molar-refractivity contribution in [2.24, 2.45) is 23.5 Å². The van der Waals surface area contributed by atoms with E-state index in [1.54, 1.807) is 0 Å². The summed E-state index contributed by atoms with van der Waals surface area (Å²) in [4.78, 5) is 2.55. The van der Waals surface area contributed by atoms with Gasteiger partial charge in [-0.25, -0.2) is 0 Å². The highest BCUT2D eigenvalue weighted by atomic mass is 16.5. The molecule has 2 atom stereocenters. The number of rotatable bonds is 6. The van der Waals surface area contributed by atoms with Gasteiger partial charge in [0, 0.05) is 31.6 Å². The van der Waals surface area contributed by atoms with E-state index in [9.17, 15) is 0 Å². The molecule has 1 saturated heterocycles. The van der Waals surface area contributed by atoms with Crippen molar-refractivity contribution in [3.05, 3.63) is 0 Å². The Morgan fingerprint density at radius 1 is 1.12 bits per heavy atom. The van der Waals surface area contributed by atoms with Gasteiger partial charge in [0.05, 0.1) is 13.2 Å². The van der Waals surface area contributed by atoms with Crippen LogP contribution in [0.2, 0.25) is 0 Å². The van der Waals surface area contributed by atoms with Crippen LogP contribution < -0.4 is 5.73 Å². The Kier molecular flexibility index (Phi) is 5.73. The summed E-state index contributed by atoms with van der Waals surface area (Å²) in [5.74, 6) is 1.96. The highest BCUT2D eigenvalue weighted by Gasteiger charge is 2.27. The maximum absolute atomic E-state index is 6.04. The summed E-state index contributed by atoms with van der Waals surface area (Å²) in [5.41, 5.74) is 6.04. The van der Waals surface area contributed by atoms with E-state index in [0.717, 1.165) is 31.6 Å². The maximum Gasteiger partial charge on any atom is 0.0621 e. The fraction of sp³-hybridized carbons (Fsp3) is 1.00. The molecule has 0 aromatic carbocycles. The molecule has 1 heterocycles. The van der Waals surface area contributed by atoms with Crippen LogP contribution in [-0.4, -0.2) is 43.8 Å². The van der Waals surface area contributed by atoms with Crippen LogP contribution in [0, 0.1) is 17.8 Å². The van der Waals surface area contributed by atoms with Gasteiger partial charge in [0.25, 0.3) is 0 Å². The minimum absolute atomic E-state index is 0.238. The van der Waals surface area contributed by atoms with Gasteiger partial charge in [0.1, 0.15) is 0 Å². The molecular weight excluding hydrogens is 200 g/mol. The zero-order valence-electron chi connectivity index (χ0n) is 11.3. The summed E-state index contributed by atoms with van der Waals surface area (Å²) in [7, 11) is 0. The Balaban J connectivity index is 2.41. The second-order valence-corrected chi connectivity index (χ2v) is 5.97. The van der Waals surface area contributed by atoms with Crippen LogP contribution in [0.4, 0.5) is 0 Å². The van der Waals surface area contributed by atoms with Crippen molar-refractivity contribution in [2.45, 2.75) is 33.7 Å². The van der Waals surface area contributed by atoms with Crippen molar-refractivity contribution in [1.82, 2.24) is 4.90 Å². The van der Waals surface area contributed by atoms with Crippen molar-refractivity contribution in [3.8, 4) is 0 Å². The average Bonchev–Trinajstić information content (AvgIpc) is 2.49. The van der Waals surface area contributed by atoms with Crippen LogP contribution >= 0.6 is 0 Å². The monoisotopic (exact) mass is 228 g/mol. The molecule has 0 amide bonds. The van der Waals surface area contributed by atoms with Gasteiger partial charge in [0.15, 0.2) is 0 Å². The van der Waals surface area contributed by atoms with Crippen LogP contribution in [0.15, 0.2) is 0 Å². The fourth-order valence-electron chi connectivity index (χ4n) is 2.39. The Bertz CT molecular complexity index is 184. The molecule has 0 saturated carbocycles. The summed E-state index contributed by atoms with van der Waals surface area (Å²) < 4.78 is 5.43. The summed E-state index contributed by atoms with van der Waals surface area (Å²) >= 11 is 0. The van der Waals surface area contributed by atoms with Crippen LogP contribution in [0.5, 0.6) is 0 Å². The highest BCUT2D eigenvalue weighted by Crippen LogP contribution is 2.15. The predicted octanol–water partition coefficient (Wildman–Crippen LogP) is 1.57. The Morgan fingerprint density at radius 3 is 2.06 bits per heavy atom. The van der Waals surface area contributed by atoms with Gasteiger partial charge in [-0.1, -0.05) is 27.7 Å². The highest BCUT2D eigenvalue weighted by molar-refractivity contribution is 4.81. The molecule has 2 unspecified atom stereocenters. The van der Waals surface area contributed by atoms with Gasteiger partial charge in [-0.3, -0.25) is 0 Å². The first-order valence-corrected chi connectivity index (χ1v) is 6.54. The second kappa shape index (κ2) is 6.58. The maximum atomic E-state index is 6.04. The molecule has 0 aliphatic carbocycles. The lowest BCUT2D eigenvalue weighted by Crippen LogP contribution is -2.41. The third-order valence-electron chi connectivity index (χ3n) is 2.99. The number of ether oxygens (including phenoxy) is 1. The van der Waals surface area contributed by atoms with E-state index in [4.69, 9.17) is 10.5 Å². The molecule has 3 nitrogen and oxygen atoms in total. The van der Waals surface area contributed by atoms with E-state index in [1.807, 2.05) is 0 Å². The van der Waals surface area contributed by atoms with E-state index in [0.29, 0.717) is 5.92 Å². The van der Waals surface area contributed by atoms with Crippen LogP contribution in [0.25, 0.3) is 0 Å². The lowest BCUT2D eigenvalue weighted by Gasteiger charge is -2.29. The zero-order valence-corrected chi connectivity index (χ0v) is 11.3. The topological polar surface area (TPSA) is 38.5 Å². The molecule has 2 N–H and O–H groups in total. The molecule has 0 aromatic heterocycles. The summed E-state index contributed by atoms with van der Waals surface area (Å²) in [5, 5.41) is 0. The molecule has 1 rings (SSSR count). The molecule has 0 bridgehead atoms. The van der Waals surface area contributed by atoms with Crippen LogP contribution in [0.1, 0.15) is 27.7 Å². The van der Waals surface area contributed by atoms with E-state index < -0.39 is 0 Å². The zero-order chi connectivity index (χ0) is 12.1. The second-order valence-electron chi connectivity index (χ2n) is 5.97. The van der Waals surface area contributed by atoms with Gasteiger partial charge in [-0.15, -0.1) is 0 Å². The number of hydrogen-bond acceptors (Lipinski definition) is 3. The third-order valence-corrected chi connectivity index (χ3v) is 2.99. The summed E-state index contributed by atoms with van der Waals surface area (Å²) in [6.45, 7) is 14.1. The Morgan fingerprint density at radius 2 is 1.69 bits per heavy atom. The summed E-state index contributed by atoms with van der Waals surface area (Å²) in [6.07, 6.45) is 0. The SMILES string of the molecule is CC(C)CN(CC(C)C)CC1COCC1N. The smallest absolute Gasteiger partial charge is 0.0621 e. The van der Waals surface area contributed by atoms with Crippen molar-refractivity contribution in [2.75, 3.05) is 32.8 Å². The lowest BCUT2D eigenvalue weighted by atomic mass is 10.0. The van der Waals surface area contributed by atoms with E-state index >= 15 is 0 Å². The molecule has 1 aliphatic rings. The number of nitrogens with two attached hydrogens (primary N) is 1. The molecule has 1 fully saturated rings. The Labute approximate surface area is 100 Å². The van der Waals surface area contributed by atoms with Crippen molar-refractivity contribution < 1.29 is 4.74 Å². The first-order chi connectivity index (χ1) is 7.49. The van der Waals surface area contributed by atoms with Crippen LogP contribution in [0.3, 0.4) is 0 Å². The number of hydrogen-bond donors (Lipinski definition) is 1. The van der Waals surface area contributed by atoms with Crippen molar-refractivity contribution >= 4 is 0 Å². The molecule has 0 aromatic rings. The largest absolute Gasteiger partial charge is 0.379 e. The predicted molar refractivity (Wildman–Crippen MR) is 68.4 cm³/mol. The molecule has 0 radical (unpaired) electrons. The Hall–Kier alpha value is -0.120. The van der Waals surface area contributed by atoms with Gasteiger partial charge >= 0.3 is 0 Å². The first-order valence-electron chi connectivity index (χ1n) is 6.54. The minimum atomic E-state index is 0.238. The number of nitrogens with zero attached hydrogens (tertiary/aromatic N) is 1. The van der Waals surface area contributed by atoms with E-state index in [1.165, 1.54) is 13.1 Å². The molecule has 16 heavy (non-hydrogen) atoms. The first kappa shape index (κ1) is 13.9. The van der Waals surface area contributed by atoms with E-state index in [-0.39, 0.29) is 6.04 Å².